The van der Waals surface area contributed by atoms with Gasteiger partial charge in [-0.15, -0.1) is 0 Å². The fourth-order valence-electron chi connectivity index (χ4n) is 2.25. The summed E-state index contributed by atoms with van der Waals surface area (Å²) in [7, 11) is -3.43. The van der Waals surface area contributed by atoms with Gasteiger partial charge in [-0.2, -0.15) is 0 Å². The van der Waals surface area contributed by atoms with Gasteiger partial charge >= 0.3 is 0 Å². The van der Waals surface area contributed by atoms with Gasteiger partial charge < -0.3 is 15.6 Å². The van der Waals surface area contributed by atoms with Crippen LogP contribution < -0.4 is 10.6 Å². The number of pyridine rings is 2. The van der Waals surface area contributed by atoms with Crippen molar-refractivity contribution in [3.8, 4) is 11.3 Å². The number of anilines is 3. The largest absolute Gasteiger partial charge is 0.351 e. The maximum atomic E-state index is 11.7. The fraction of sp³-hybridized carbons (Fsp3) is 0.125. The van der Waals surface area contributed by atoms with Gasteiger partial charge in [0.05, 0.1) is 17.7 Å². The first-order valence-electron chi connectivity index (χ1n) is 7.54. The summed E-state index contributed by atoms with van der Waals surface area (Å²) >= 11 is 0. The minimum Gasteiger partial charge on any atom is -0.351 e. The van der Waals surface area contributed by atoms with E-state index in [1.54, 1.807) is 30.6 Å². The zero-order valence-corrected chi connectivity index (χ0v) is 14.8. The molecule has 0 aliphatic heterocycles. The summed E-state index contributed by atoms with van der Waals surface area (Å²) in [6, 6.07) is 6.28. The molecule has 3 rings (SSSR count). The Morgan fingerprint density at radius 3 is 2.65 bits per heavy atom. The van der Waals surface area contributed by atoms with Crippen molar-refractivity contribution in [1.82, 2.24) is 19.9 Å². The minimum absolute atomic E-state index is 0.0417. The van der Waals surface area contributed by atoms with Gasteiger partial charge in [-0.3, -0.25) is 4.79 Å². The third-order valence-corrected chi connectivity index (χ3v) is 4.34. The number of nitrogens with one attached hydrogen (secondary N) is 3. The van der Waals surface area contributed by atoms with E-state index in [2.05, 4.69) is 30.6 Å². The van der Waals surface area contributed by atoms with E-state index in [-0.39, 0.29) is 10.9 Å². The number of carbonyl (C=O) groups is 1. The van der Waals surface area contributed by atoms with Crippen LogP contribution >= 0.6 is 0 Å². The van der Waals surface area contributed by atoms with E-state index >= 15 is 0 Å². The molecule has 0 fully saturated rings. The Morgan fingerprint density at radius 2 is 2.00 bits per heavy atom. The standard InChI is InChI=1S/C16H16N6O3S/c1-10(23)20-15-6-12(11(7-18-15)13-8-17-9-19-13)21-14-4-3-5-16(22-14)26(2,24)25/h3-9H,1-2H3,(H,17,19)(H2,18,20,21,22,23). The average molecular weight is 372 g/mol. The fourth-order valence-corrected chi connectivity index (χ4v) is 2.84. The summed E-state index contributed by atoms with van der Waals surface area (Å²) < 4.78 is 23.4. The smallest absolute Gasteiger partial charge is 0.222 e. The monoisotopic (exact) mass is 372 g/mol. The van der Waals surface area contributed by atoms with Crippen molar-refractivity contribution in [3.63, 3.8) is 0 Å². The zero-order chi connectivity index (χ0) is 18.7. The second kappa shape index (κ2) is 6.92. The third-order valence-electron chi connectivity index (χ3n) is 3.35. The van der Waals surface area contributed by atoms with Gasteiger partial charge in [0.1, 0.15) is 11.6 Å². The van der Waals surface area contributed by atoms with Crippen LogP contribution in [-0.2, 0) is 14.6 Å². The number of carbonyl (C=O) groups excluding carboxylic acids is 1. The highest BCUT2D eigenvalue weighted by Crippen LogP contribution is 2.30. The van der Waals surface area contributed by atoms with Crippen LogP contribution in [0.5, 0.6) is 0 Å². The number of amides is 1. The van der Waals surface area contributed by atoms with Crippen molar-refractivity contribution in [3.05, 3.63) is 43.0 Å². The second-order valence-corrected chi connectivity index (χ2v) is 7.47. The molecule has 0 saturated heterocycles. The molecule has 0 atom stereocenters. The first-order valence-corrected chi connectivity index (χ1v) is 9.43. The maximum absolute atomic E-state index is 11.7. The maximum Gasteiger partial charge on any atom is 0.222 e. The van der Waals surface area contributed by atoms with Crippen LogP contribution in [-0.4, -0.2) is 40.5 Å². The van der Waals surface area contributed by atoms with Gasteiger partial charge in [0.2, 0.25) is 5.91 Å². The number of hydrogen-bond acceptors (Lipinski definition) is 7. The molecule has 3 N–H and O–H groups in total. The summed E-state index contributed by atoms with van der Waals surface area (Å²) in [5, 5.41) is 5.63. The molecular weight excluding hydrogens is 356 g/mol. The van der Waals surface area contributed by atoms with Crippen molar-refractivity contribution >= 4 is 33.1 Å². The normalized spacial score (nSPS) is 11.2. The SMILES string of the molecule is CC(=O)Nc1cc(Nc2cccc(S(C)(=O)=O)n2)c(-c2c[nH]cn2)cn1. The van der Waals surface area contributed by atoms with Crippen molar-refractivity contribution < 1.29 is 13.2 Å². The van der Waals surface area contributed by atoms with Crippen LogP contribution in [0.25, 0.3) is 11.3 Å². The zero-order valence-electron chi connectivity index (χ0n) is 14.0. The van der Waals surface area contributed by atoms with Crippen LogP contribution in [0.4, 0.5) is 17.3 Å². The molecule has 0 aromatic carbocycles. The lowest BCUT2D eigenvalue weighted by atomic mass is 10.1. The molecule has 3 aromatic rings. The third kappa shape index (κ3) is 4.03. The van der Waals surface area contributed by atoms with Crippen molar-refractivity contribution in [1.29, 1.82) is 0 Å². The number of H-pyrrole nitrogens is 1. The molecule has 0 unspecified atom stereocenters. The lowest BCUT2D eigenvalue weighted by molar-refractivity contribution is -0.114. The number of sulfone groups is 1. The number of hydrogen-bond donors (Lipinski definition) is 3. The average Bonchev–Trinajstić information content (AvgIpc) is 3.08. The van der Waals surface area contributed by atoms with Gasteiger partial charge in [-0.05, 0) is 12.1 Å². The number of rotatable bonds is 5. The van der Waals surface area contributed by atoms with Gasteiger partial charge in [0, 0.05) is 37.2 Å². The van der Waals surface area contributed by atoms with E-state index in [0.29, 0.717) is 28.6 Å². The highest BCUT2D eigenvalue weighted by Gasteiger charge is 2.13. The molecule has 134 valence electrons. The molecule has 0 spiro atoms. The van der Waals surface area contributed by atoms with Gasteiger partial charge in [-0.1, -0.05) is 6.07 Å². The molecule has 3 heterocycles. The minimum atomic E-state index is -3.43. The quantitative estimate of drug-likeness (QED) is 0.624. The lowest BCUT2D eigenvalue weighted by Gasteiger charge is -2.12. The molecule has 0 bridgehead atoms. The molecular formula is C16H16N6O3S. The molecule has 9 nitrogen and oxygen atoms in total. The van der Waals surface area contributed by atoms with E-state index in [9.17, 15) is 13.2 Å². The predicted octanol–water partition coefficient (Wildman–Crippen LogP) is 1.97. The molecule has 26 heavy (non-hydrogen) atoms. The molecule has 3 aromatic heterocycles. The van der Waals surface area contributed by atoms with Crippen molar-refractivity contribution in [2.45, 2.75) is 11.9 Å². The molecule has 0 radical (unpaired) electrons. The van der Waals surface area contributed by atoms with Crippen LogP contribution in [0.3, 0.4) is 0 Å². The Balaban J connectivity index is 2.03. The first kappa shape index (κ1) is 17.5. The van der Waals surface area contributed by atoms with E-state index in [0.717, 1.165) is 6.26 Å². The Hall–Kier alpha value is -3.27. The Morgan fingerprint density at radius 1 is 1.19 bits per heavy atom. The van der Waals surface area contributed by atoms with Crippen LogP contribution in [0.15, 0.2) is 48.0 Å². The van der Waals surface area contributed by atoms with E-state index in [4.69, 9.17) is 0 Å². The molecule has 0 saturated carbocycles. The summed E-state index contributed by atoms with van der Waals surface area (Å²) in [4.78, 5) is 26.7. The highest BCUT2D eigenvalue weighted by molar-refractivity contribution is 7.90. The van der Waals surface area contributed by atoms with E-state index in [1.165, 1.54) is 19.3 Å². The number of aromatic amines is 1. The van der Waals surface area contributed by atoms with Crippen LogP contribution in [0, 0.1) is 0 Å². The lowest BCUT2D eigenvalue weighted by Crippen LogP contribution is -2.08. The number of imidazole rings is 1. The van der Waals surface area contributed by atoms with Crippen LogP contribution in [0.1, 0.15) is 6.92 Å². The Bertz CT molecular complexity index is 1050. The summed E-state index contributed by atoms with van der Waals surface area (Å²) in [6.07, 6.45) is 5.88. The molecule has 1 amide bonds. The molecule has 10 heteroatoms. The van der Waals surface area contributed by atoms with Gasteiger partial charge in [0.15, 0.2) is 14.9 Å². The van der Waals surface area contributed by atoms with E-state index < -0.39 is 9.84 Å². The van der Waals surface area contributed by atoms with Gasteiger partial charge in [0.25, 0.3) is 0 Å². The Labute approximate surface area is 149 Å². The first-order chi connectivity index (χ1) is 12.3. The van der Waals surface area contributed by atoms with Gasteiger partial charge in [-0.25, -0.2) is 23.4 Å². The summed E-state index contributed by atoms with van der Waals surface area (Å²) in [6.45, 7) is 1.38. The molecule has 0 aliphatic rings. The second-order valence-electron chi connectivity index (χ2n) is 5.51. The van der Waals surface area contributed by atoms with Crippen molar-refractivity contribution in [2.24, 2.45) is 0 Å². The topological polar surface area (TPSA) is 130 Å². The highest BCUT2D eigenvalue weighted by atomic mass is 32.2. The Kier molecular flexibility index (Phi) is 4.67. The number of aromatic nitrogens is 4. The van der Waals surface area contributed by atoms with E-state index in [1.807, 2.05) is 0 Å². The van der Waals surface area contributed by atoms with Crippen molar-refractivity contribution in [2.75, 3.05) is 16.9 Å². The summed E-state index contributed by atoms with van der Waals surface area (Å²) in [5.74, 6) is 0.427. The predicted molar refractivity (Wildman–Crippen MR) is 96.8 cm³/mol. The molecule has 0 aliphatic carbocycles. The summed E-state index contributed by atoms with van der Waals surface area (Å²) in [5.41, 5.74) is 1.86. The van der Waals surface area contributed by atoms with Crippen LogP contribution in [0.2, 0.25) is 0 Å². The number of nitrogens with zero attached hydrogens (tertiary/aromatic N) is 3.